The summed E-state index contributed by atoms with van der Waals surface area (Å²) in [5, 5.41) is 9.40. The Bertz CT molecular complexity index is 744. The normalized spacial score (nSPS) is 30.1. The van der Waals surface area contributed by atoms with E-state index in [4.69, 9.17) is 9.47 Å². The molecule has 0 radical (unpaired) electrons. The highest BCUT2D eigenvalue weighted by atomic mass is 32.2. The number of thioether (sulfide) groups is 1. The second-order valence-corrected chi connectivity index (χ2v) is 10.1. The first-order chi connectivity index (χ1) is 15.7. The number of hydrogen-bond donors (Lipinski definition) is 1. The number of ether oxygens (including phenoxy) is 2. The van der Waals surface area contributed by atoms with Crippen LogP contribution in [0.15, 0.2) is 11.3 Å². The molecule has 0 aromatic heterocycles. The predicted octanol–water partition coefficient (Wildman–Crippen LogP) is 5.60. The molecule has 33 heavy (non-hydrogen) atoms. The zero-order valence-electron chi connectivity index (χ0n) is 19.2. The van der Waals surface area contributed by atoms with E-state index in [1.807, 2.05) is 13.8 Å². The molecule has 1 amide bonds. The number of carbonyl (C=O) groups excluding carboxylic acids is 2. The average molecular weight is 494 g/mol. The van der Waals surface area contributed by atoms with Crippen LogP contribution in [0.2, 0.25) is 0 Å². The van der Waals surface area contributed by atoms with Gasteiger partial charge in [-0.2, -0.15) is 13.2 Å². The molecule has 0 saturated carbocycles. The Hall–Kier alpha value is -1.42. The first-order valence-electron chi connectivity index (χ1n) is 11.9. The van der Waals surface area contributed by atoms with Gasteiger partial charge in [-0.25, -0.2) is 0 Å². The summed E-state index contributed by atoms with van der Waals surface area (Å²) in [4.78, 5) is 24.9. The fraction of sp³-hybridized carbons (Fsp3) is 0.826. The van der Waals surface area contributed by atoms with E-state index in [0.29, 0.717) is 26.0 Å². The summed E-state index contributed by atoms with van der Waals surface area (Å²) in [7, 11) is 0. The molecule has 3 aliphatic rings. The number of unbranched alkanes of at least 4 members (excludes halogenated alkanes) is 2. The van der Waals surface area contributed by atoms with E-state index < -0.39 is 42.1 Å². The minimum absolute atomic E-state index is 0.119. The summed E-state index contributed by atoms with van der Waals surface area (Å²) in [6.45, 7) is 4.88. The second-order valence-electron chi connectivity index (χ2n) is 9.10. The molecule has 2 fully saturated rings. The van der Waals surface area contributed by atoms with Crippen molar-refractivity contribution < 1.29 is 37.3 Å². The SMILES string of the molecule is CCCC1=C(OCCCCCN2C(=O)SC2O)C(CCC)C2OC(=O)CC(C(F)(F)F)C2C1. The highest BCUT2D eigenvalue weighted by Crippen LogP contribution is 2.50. The molecular weight excluding hydrogens is 459 g/mol. The molecule has 10 heteroatoms. The number of aliphatic hydroxyl groups is 1. The third-order valence-corrected chi connectivity index (χ3v) is 7.64. The number of allylic oxidation sites excluding steroid dienone is 1. The average Bonchev–Trinajstić information content (AvgIpc) is 2.74. The van der Waals surface area contributed by atoms with Crippen molar-refractivity contribution in [3.05, 3.63) is 11.3 Å². The van der Waals surface area contributed by atoms with Gasteiger partial charge >= 0.3 is 12.1 Å². The van der Waals surface area contributed by atoms with Gasteiger partial charge in [-0.1, -0.05) is 26.7 Å². The summed E-state index contributed by atoms with van der Waals surface area (Å²) in [6.07, 6.45) is -0.496. The number of alkyl halides is 3. The molecule has 1 N–H and O–H groups in total. The Kier molecular flexibility index (Phi) is 9.00. The van der Waals surface area contributed by atoms with Crippen LogP contribution in [0, 0.1) is 17.8 Å². The number of halogens is 3. The van der Waals surface area contributed by atoms with E-state index in [1.54, 1.807) is 0 Å². The summed E-state index contributed by atoms with van der Waals surface area (Å²) in [6, 6.07) is 0. The maximum absolute atomic E-state index is 13.8. The lowest BCUT2D eigenvalue weighted by molar-refractivity contribution is -0.230. The molecule has 6 nitrogen and oxygen atoms in total. The summed E-state index contributed by atoms with van der Waals surface area (Å²) >= 11 is 0.904. The van der Waals surface area contributed by atoms with Gasteiger partial charge in [-0.05, 0) is 55.9 Å². The first-order valence-corrected chi connectivity index (χ1v) is 12.8. The molecule has 0 spiro atoms. The Morgan fingerprint density at radius 2 is 1.91 bits per heavy atom. The molecule has 2 heterocycles. The molecular formula is C23H34F3NO5S. The quantitative estimate of drug-likeness (QED) is 0.298. The smallest absolute Gasteiger partial charge is 0.392 e. The monoisotopic (exact) mass is 493 g/mol. The fourth-order valence-electron chi connectivity index (χ4n) is 5.19. The second kappa shape index (κ2) is 11.3. The summed E-state index contributed by atoms with van der Waals surface area (Å²) in [5.74, 6) is -2.84. The van der Waals surface area contributed by atoms with Crippen molar-refractivity contribution >= 4 is 23.0 Å². The van der Waals surface area contributed by atoms with E-state index in [1.165, 1.54) is 4.90 Å². The molecule has 0 aromatic rings. The lowest BCUT2D eigenvalue weighted by Crippen LogP contribution is -2.51. The lowest BCUT2D eigenvalue weighted by Gasteiger charge is -2.46. The Labute approximate surface area is 197 Å². The molecule has 1 aliphatic carbocycles. The molecule has 2 aliphatic heterocycles. The number of nitrogens with zero attached hydrogens (tertiary/aromatic N) is 1. The van der Waals surface area contributed by atoms with Gasteiger partial charge in [0.25, 0.3) is 5.24 Å². The zero-order chi connectivity index (χ0) is 24.2. The van der Waals surface area contributed by atoms with Crippen LogP contribution in [0.1, 0.15) is 71.6 Å². The van der Waals surface area contributed by atoms with Crippen LogP contribution in [0.3, 0.4) is 0 Å². The van der Waals surface area contributed by atoms with Gasteiger partial charge in [0, 0.05) is 12.5 Å². The van der Waals surface area contributed by atoms with Crippen molar-refractivity contribution in [3.63, 3.8) is 0 Å². The van der Waals surface area contributed by atoms with Crippen molar-refractivity contribution in [1.29, 1.82) is 0 Å². The fourth-order valence-corrected chi connectivity index (χ4v) is 5.87. The Balaban J connectivity index is 1.66. The highest BCUT2D eigenvalue weighted by molar-refractivity contribution is 8.15. The van der Waals surface area contributed by atoms with Crippen LogP contribution >= 0.6 is 11.8 Å². The van der Waals surface area contributed by atoms with Crippen molar-refractivity contribution in [1.82, 2.24) is 4.90 Å². The molecule has 188 valence electrons. The van der Waals surface area contributed by atoms with Crippen LogP contribution in [0.4, 0.5) is 18.0 Å². The van der Waals surface area contributed by atoms with Crippen LogP contribution in [0.5, 0.6) is 0 Å². The van der Waals surface area contributed by atoms with E-state index >= 15 is 0 Å². The van der Waals surface area contributed by atoms with Gasteiger partial charge in [-0.15, -0.1) is 0 Å². The standard InChI is InChI=1S/C23H34F3NO5S/c1-3-8-14-12-16-17(23(24,25)26)13-18(28)32-20(16)15(9-4-2)19(14)31-11-7-5-6-10-27-21(29)33-22(27)30/h15-17,20-21,29H,3-13H2,1-2H3. The number of carbonyl (C=O) groups is 2. The lowest BCUT2D eigenvalue weighted by atomic mass is 9.68. The van der Waals surface area contributed by atoms with Crippen molar-refractivity contribution in [2.24, 2.45) is 17.8 Å². The topological polar surface area (TPSA) is 76.1 Å². The van der Waals surface area contributed by atoms with Crippen molar-refractivity contribution in [2.45, 2.75) is 89.5 Å². The Morgan fingerprint density at radius 1 is 1.15 bits per heavy atom. The van der Waals surface area contributed by atoms with Gasteiger partial charge in [0.05, 0.1) is 24.9 Å². The summed E-state index contributed by atoms with van der Waals surface area (Å²) in [5.41, 5.74) is 0.176. The molecule has 0 bridgehead atoms. The third-order valence-electron chi connectivity index (χ3n) is 6.74. The summed E-state index contributed by atoms with van der Waals surface area (Å²) < 4.78 is 53.0. The van der Waals surface area contributed by atoms with E-state index in [0.717, 1.165) is 55.2 Å². The van der Waals surface area contributed by atoms with Crippen molar-refractivity contribution in [3.8, 4) is 0 Å². The van der Waals surface area contributed by atoms with Crippen LogP contribution in [-0.2, 0) is 14.3 Å². The van der Waals surface area contributed by atoms with E-state index in [2.05, 4.69) is 0 Å². The highest BCUT2D eigenvalue weighted by Gasteiger charge is 2.56. The number of hydrogen-bond acceptors (Lipinski definition) is 6. The van der Waals surface area contributed by atoms with Gasteiger partial charge in [0.2, 0.25) is 0 Å². The maximum Gasteiger partial charge on any atom is 0.392 e. The van der Waals surface area contributed by atoms with Gasteiger partial charge < -0.3 is 14.6 Å². The number of aliphatic hydroxyl groups excluding tert-OH is 1. The largest absolute Gasteiger partial charge is 0.498 e. The number of amides is 1. The third kappa shape index (κ3) is 6.18. The molecule has 0 aromatic carbocycles. The van der Waals surface area contributed by atoms with Gasteiger partial charge in [-0.3, -0.25) is 14.5 Å². The minimum Gasteiger partial charge on any atom is -0.498 e. The van der Waals surface area contributed by atoms with Crippen LogP contribution in [-0.4, -0.2) is 52.2 Å². The number of rotatable bonds is 11. The van der Waals surface area contributed by atoms with E-state index in [9.17, 15) is 27.9 Å². The predicted molar refractivity (Wildman–Crippen MR) is 118 cm³/mol. The van der Waals surface area contributed by atoms with Crippen molar-refractivity contribution in [2.75, 3.05) is 13.2 Å². The van der Waals surface area contributed by atoms with Gasteiger partial charge in [0.1, 0.15) is 11.9 Å². The maximum atomic E-state index is 13.8. The van der Waals surface area contributed by atoms with E-state index in [-0.39, 0.29) is 17.6 Å². The molecule has 2 saturated heterocycles. The molecule has 5 atom stereocenters. The van der Waals surface area contributed by atoms with Crippen LogP contribution in [0.25, 0.3) is 0 Å². The number of fused-ring (bicyclic) bond motifs is 1. The zero-order valence-corrected chi connectivity index (χ0v) is 20.1. The van der Waals surface area contributed by atoms with Crippen LogP contribution < -0.4 is 0 Å². The molecule has 3 rings (SSSR count). The molecule has 5 unspecified atom stereocenters. The van der Waals surface area contributed by atoms with Gasteiger partial charge in [0.15, 0.2) is 5.56 Å². The first kappa shape index (κ1) is 26.2. The Morgan fingerprint density at radius 3 is 2.52 bits per heavy atom. The minimum atomic E-state index is -4.43. The number of esters is 1.